The first-order chi connectivity index (χ1) is 9.44. The molecule has 0 amide bonds. The molecule has 2 atom stereocenters. The molecular weight excluding hydrogens is 292 g/mol. The summed E-state index contributed by atoms with van der Waals surface area (Å²) in [6.45, 7) is 4.66. The average Bonchev–Trinajstić information content (AvgIpc) is 2.71. The first-order valence-corrected chi connectivity index (χ1v) is 9.54. The second kappa shape index (κ2) is 6.56. The largest absolute Gasteiger partial charge is 0.315 e. The van der Waals surface area contributed by atoms with E-state index in [4.69, 9.17) is 0 Å². The first kappa shape index (κ1) is 15.9. The molecule has 0 aromatic carbocycles. The molecule has 1 aliphatic carbocycles. The molecule has 1 aromatic rings. The molecule has 1 heterocycles. The summed E-state index contributed by atoms with van der Waals surface area (Å²) >= 11 is 1.51. The lowest BCUT2D eigenvalue weighted by Gasteiger charge is -2.27. The third-order valence-electron chi connectivity index (χ3n) is 3.85. The van der Waals surface area contributed by atoms with Crippen LogP contribution < -0.4 is 10.0 Å². The number of hydrogen-bond acceptors (Lipinski definition) is 4. The van der Waals surface area contributed by atoms with Gasteiger partial charge in [0.1, 0.15) is 4.90 Å². The molecular formula is C14H24N2O2S2. The van der Waals surface area contributed by atoms with Crippen molar-refractivity contribution in [2.24, 2.45) is 5.92 Å². The van der Waals surface area contributed by atoms with E-state index < -0.39 is 10.0 Å². The van der Waals surface area contributed by atoms with E-state index in [1.165, 1.54) is 17.8 Å². The molecule has 1 aliphatic rings. The minimum Gasteiger partial charge on any atom is -0.315 e. The van der Waals surface area contributed by atoms with E-state index >= 15 is 0 Å². The zero-order chi connectivity index (χ0) is 14.8. The number of rotatable bonds is 5. The van der Waals surface area contributed by atoms with Gasteiger partial charge >= 0.3 is 0 Å². The standard InChI is InChI=1S/C14H24N2O2S2/c1-10-5-4-6-12(7-10)16-20(17,18)14-11(2)9-19-13(14)8-15-3/h9-10,12,15-16H,4-8H2,1-3H3. The van der Waals surface area contributed by atoms with Crippen molar-refractivity contribution >= 4 is 21.4 Å². The predicted octanol–water partition coefficient (Wildman–Crippen LogP) is 2.63. The molecule has 1 aromatic heterocycles. The Morgan fingerprint density at radius 3 is 2.80 bits per heavy atom. The van der Waals surface area contributed by atoms with Crippen LogP contribution in [0.15, 0.2) is 10.3 Å². The van der Waals surface area contributed by atoms with Gasteiger partial charge in [0.25, 0.3) is 0 Å². The highest BCUT2D eigenvalue weighted by atomic mass is 32.2. The van der Waals surface area contributed by atoms with E-state index in [9.17, 15) is 8.42 Å². The van der Waals surface area contributed by atoms with Crippen molar-refractivity contribution in [1.29, 1.82) is 0 Å². The predicted molar refractivity (Wildman–Crippen MR) is 83.6 cm³/mol. The molecule has 1 fully saturated rings. The van der Waals surface area contributed by atoms with Crippen molar-refractivity contribution < 1.29 is 8.42 Å². The summed E-state index contributed by atoms with van der Waals surface area (Å²) in [5, 5.41) is 4.96. The van der Waals surface area contributed by atoms with Gasteiger partial charge in [0.05, 0.1) is 0 Å². The van der Waals surface area contributed by atoms with Crippen LogP contribution in [0.5, 0.6) is 0 Å². The lowest BCUT2D eigenvalue weighted by Crippen LogP contribution is -2.38. The van der Waals surface area contributed by atoms with Crippen LogP contribution in [0.2, 0.25) is 0 Å². The summed E-state index contributed by atoms with van der Waals surface area (Å²) in [4.78, 5) is 1.37. The molecule has 20 heavy (non-hydrogen) atoms. The van der Waals surface area contributed by atoms with Gasteiger partial charge in [0, 0.05) is 17.5 Å². The molecule has 2 unspecified atom stereocenters. The van der Waals surface area contributed by atoms with Gasteiger partial charge < -0.3 is 5.32 Å². The van der Waals surface area contributed by atoms with Crippen LogP contribution in [-0.4, -0.2) is 21.5 Å². The number of sulfonamides is 1. The maximum absolute atomic E-state index is 12.7. The summed E-state index contributed by atoms with van der Waals surface area (Å²) in [5.41, 5.74) is 0.844. The fraction of sp³-hybridized carbons (Fsp3) is 0.714. The lowest BCUT2D eigenvalue weighted by atomic mass is 9.88. The summed E-state index contributed by atoms with van der Waals surface area (Å²) in [7, 11) is -1.57. The van der Waals surface area contributed by atoms with Gasteiger partial charge in [-0.25, -0.2) is 13.1 Å². The van der Waals surface area contributed by atoms with Gasteiger partial charge in [0.2, 0.25) is 10.0 Å². The minimum absolute atomic E-state index is 0.0884. The Labute approximate surface area is 126 Å². The molecule has 1 saturated carbocycles. The highest BCUT2D eigenvalue weighted by molar-refractivity contribution is 7.89. The number of aryl methyl sites for hydroxylation is 1. The molecule has 2 rings (SSSR count). The van der Waals surface area contributed by atoms with E-state index in [0.29, 0.717) is 17.4 Å². The Morgan fingerprint density at radius 1 is 1.40 bits per heavy atom. The molecule has 0 aliphatic heterocycles. The van der Waals surface area contributed by atoms with Crippen molar-refractivity contribution in [2.45, 2.75) is 57.0 Å². The van der Waals surface area contributed by atoms with Gasteiger partial charge in [0.15, 0.2) is 0 Å². The minimum atomic E-state index is -3.40. The number of hydrogen-bond donors (Lipinski definition) is 2. The van der Waals surface area contributed by atoms with Crippen LogP contribution in [-0.2, 0) is 16.6 Å². The summed E-state index contributed by atoms with van der Waals surface area (Å²) in [5.74, 6) is 0.608. The van der Waals surface area contributed by atoms with Crippen LogP contribution in [0.4, 0.5) is 0 Å². The molecule has 0 bridgehead atoms. The Bertz CT molecular complexity index is 552. The van der Waals surface area contributed by atoms with E-state index in [-0.39, 0.29) is 6.04 Å². The van der Waals surface area contributed by atoms with Crippen molar-refractivity contribution in [2.75, 3.05) is 7.05 Å². The monoisotopic (exact) mass is 316 g/mol. The smallest absolute Gasteiger partial charge is 0.242 e. The molecule has 0 spiro atoms. The third kappa shape index (κ3) is 3.61. The molecule has 0 radical (unpaired) electrons. The normalized spacial score (nSPS) is 23.9. The van der Waals surface area contributed by atoms with Gasteiger partial charge in [-0.05, 0) is 43.7 Å². The second-order valence-electron chi connectivity index (χ2n) is 5.79. The van der Waals surface area contributed by atoms with Crippen LogP contribution in [0.25, 0.3) is 0 Å². The molecule has 114 valence electrons. The van der Waals surface area contributed by atoms with Gasteiger partial charge in [-0.3, -0.25) is 0 Å². The third-order valence-corrected chi connectivity index (χ3v) is 6.84. The highest BCUT2D eigenvalue weighted by Gasteiger charge is 2.28. The van der Waals surface area contributed by atoms with Crippen molar-refractivity contribution in [3.63, 3.8) is 0 Å². The van der Waals surface area contributed by atoms with Crippen LogP contribution in [0, 0.1) is 12.8 Å². The Balaban J connectivity index is 2.19. The molecule has 6 heteroatoms. The van der Waals surface area contributed by atoms with E-state index in [2.05, 4.69) is 17.0 Å². The summed E-state index contributed by atoms with van der Waals surface area (Å²) < 4.78 is 28.2. The highest BCUT2D eigenvalue weighted by Crippen LogP contribution is 2.29. The van der Waals surface area contributed by atoms with E-state index in [1.807, 2.05) is 19.4 Å². The van der Waals surface area contributed by atoms with Gasteiger partial charge in [-0.2, -0.15) is 0 Å². The van der Waals surface area contributed by atoms with Crippen LogP contribution in [0.1, 0.15) is 43.0 Å². The maximum atomic E-state index is 12.7. The van der Waals surface area contributed by atoms with Crippen LogP contribution >= 0.6 is 11.3 Å². The molecule has 0 saturated heterocycles. The van der Waals surface area contributed by atoms with Crippen molar-refractivity contribution in [3.05, 3.63) is 15.8 Å². The zero-order valence-corrected chi connectivity index (χ0v) is 14.0. The van der Waals surface area contributed by atoms with E-state index in [0.717, 1.165) is 29.7 Å². The van der Waals surface area contributed by atoms with Gasteiger partial charge in [-0.1, -0.05) is 19.8 Å². The SMILES string of the molecule is CNCc1scc(C)c1S(=O)(=O)NC1CCCC(C)C1. The lowest BCUT2D eigenvalue weighted by molar-refractivity contribution is 0.327. The Morgan fingerprint density at radius 2 is 2.15 bits per heavy atom. The Hall–Kier alpha value is -0.430. The fourth-order valence-corrected chi connectivity index (χ4v) is 6.06. The molecule has 2 N–H and O–H groups in total. The van der Waals surface area contributed by atoms with Crippen LogP contribution in [0.3, 0.4) is 0 Å². The average molecular weight is 316 g/mol. The fourth-order valence-electron chi connectivity index (χ4n) is 2.95. The quantitative estimate of drug-likeness (QED) is 0.878. The number of nitrogens with one attached hydrogen (secondary N) is 2. The van der Waals surface area contributed by atoms with E-state index in [1.54, 1.807) is 0 Å². The van der Waals surface area contributed by atoms with Crippen molar-refractivity contribution in [1.82, 2.24) is 10.0 Å². The Kier molecular flexibility index (Phi) is 5.23. The zero-order valence-electron chi connectivity index (χ0n) is 12.4. The topological polar surface area (TPSA) is 58.2 Å². The van der Waals surface area contributed by atoms with Crippen molar-refractivity contribution in [3.8, 4) is 0 Å². The van der Waals surface area contributed by atoms with Gasteiger partial charge in [-0.15, -0.1) is 11.3 Å². The number of thiophene rings is 1. The summed E-state index contributed by atoms with van der Waals surface area (Å²) in [6, 6.07) is 0.0884. The maximum Gasteiger partial charge on any atom is 0.242 e. The molecule has 4 nitrogen and oxygen atoms in total. The summed E-state index contributed by atoms with van der Waals surface area (Å²) in [6.07, 6.45) is 4.22. The first-order valence-electron chi connectivity index (χ1n) is 7.18. The second-order valence-corrected chi connectivity index (χ2v) is 8.41.